The van der Waals surface area contributed by atoms with Crippen molar-refractivity contribution in [3.05, 3.63) is 51.0 Å². The van der Waals surface area contributed by atoms with Crippen LogP contribution in [0, 0.1) is 13.8 Å². The van der Waals surface area contributed by atoms with Gasteiger partial charge in [0.1, 0.15) is 0 Å². The number of likely N-dealkylation sites (N-methyl/N-ethyl adjacent to an activating group) is 1. The van der Waals surface area contributed by atoms with Crippen molar-refractivity contribution < 1.29 is 0 Å². The number of thiophene rings is 1. The molecule has 0 aliphatic heterocycles. The molecule has 0 aromatic carbocycles. The summed E-state index contributed by atoms with van der Waals surface area (Å²) >= 11 is 1.92. The van der Waals surface area contributed by atoms with Crippen LogP contribution in [-0.4, -0.2) is 11.5 Å². The summed E-state index contributed by atoms with van der Waals surface area (Å²) < 4.78 is 0. The van der Waals surface area contributed by atoms with E-state index >= 15 is 0 Å². The van der Waals surface area contributed by atoms with Crippen LogP contribution in [0.2, 0.25) is 0 Å². The Labute approximate surface area is 126 Å². The molecule has 0 spiro atoms. The van der Waals surface area contributed by atoms with Crippen LogP contribution in [0.4, 0.5) is 0 Å². The summed E-state index contributed by atoms with van der Waals surface area (Å²) in [7, 11) is 0. The molecule has 2 nitrogen and oxygen atoms in total. The van der Waals surface area contributed by atoms with Crippen molar-refractivity contribution in [1.82, 2.24) is 10.3 Å². The second-order valence-corrected chi connectivity index (χ2v) is 6.50. The van der Waals surface area contributed by atoms with Gasteiger partial charge in [0.15, 0.2) is 0 Å². The van der Waals surface area contributed by atoms with Gasteiger partial charge < -0.3 is 5.32 Å². The maximum atomic E-state index is 4.66. The third-order valence-electron chi connectivity index (χ3n) is 3.51. The first kappa shape index (κ1) is 15.2. The lowest BCUT2D eigenvalue weighted by molar-refractivity contribution is 0.537. The lowest BCUT2D eigenvalue weighted by atomic mass is 10.0. The van der Waals surface area contributed by atoms with Crippen LogP contribution in [-0.2, 0) is 12.8 Å². The third kappa shape index (κ3) is 3.68. The first-order chi connectivity index (χ1) is 9.63. The number of pyridine rings is 1. The Bertz CT molecular complexity index is 560. The fourth-order valence-electron chi connectivity index (χ4n) is 2.53. The van der Waals surface area contributed by atoms with Gasteiger partial charge in [-0.05, 0) is 50.1 Å². The minimum Gasteiger partial charge on any atom is -0.309 e. The quantitative estimate of drug-likeness (QED) is 0.861. The van der Waals surface area contributed by atoms with E-state index in [0.717, 1.165) is 19.4 Å². The summed E-state index contributed by atoms with van der Waals surface area (Å²) in [4.78, 5) is 7.56. The van der Waals surface area contributed by atoms with Gasteiger partial charge in [-0.1, -0.05) is 19.9 Å². The average molecular weight is 288 g/mol. The maximum Gasteiger partial charge on any atom is 0.0606 e. The lowest BCUT2D eigenvalue weighted by Gasteiger charge is -2.19. The van der Waals surface area contributed by atoms with Crippen LogP contribution in [0.15, 0.2) is 24.4 Å². The standard InChI is InChI=1S/C17H24N2S/c1-5-14-7-8-15(20-14)10-16(18-6-2)17-13(4)9-12(3)11-19-17/h7-9,11,16,18H,5-6,10H2,1-4H3. The summed E-state index contributed by atoms with van der Waals surface area (Å²) in [6, 6.07) is 7.04. The molecular weight excluding hydrogens is 264 g/mol. The molecule has 1 unspecified atom stereocenters. The highest BCUT2D eigenvalue weighted by Gasteiger charge is 2.16. The number of nitrogens with zero attached hydrogens (tertiary/aromatic N) is 1. The normalized spacial score (nSPS) is 12.6. The molecule has 0 amide bonds. The van der Waals surface area contributed by atoms with Crippen LogP contribution < -0.4 is 5.32 Å². The zero-order valence-electron chi connectivity index (χ0n) is 12.9. The van der Waals surface area contributed by atoms with E-state index in [9.17, 15) is 0 Å². The summed E-state index contributed by atoms with van der Waals surface area (Å²) in [6.07, 6.45) is 4.12. The number of rotatable bonds is 6. The predicted molar refractivity (Wildman–Crippen MR) is 87.5 cm³/mol. The summed E-state index contributed by atoms with van der Waals surface area (Å²) in [5.41, 5.74) is 3.69. The van der Waals surface area contributed by atoms with Crippen molar-refractivity contribution in [2.75, 3.05) is 6.54 Å². The molecule has 0 aliphatic rings. The molecule has 1 N–H and O–H groups in total. The Morgan fingerprint density at radius 1 is 1.20 bits per heavy atom. The minimum atomic E-state index is 0.309. The summed E-state index contributed by atoms with van der Waals surface area (Å²) in [5.74, 6) is 0. The molecule has 2 heterocycles. The molecule has 2 aromatic heterocycles. The van der Waals surface area contributed by atoms with E-state index < -0.39 is 0 Å². The van der Waals surface area contributed by atoms with E-state index in [-0.39, 0.29) is 0 Å². The van der Waals surface area contributed by atoms with E-state index in [4.69, 9.17) is 0 Å². The Hall–Kier alpha value is -1.19. The predicted octanol–water partition coefficient (Wildman–Crippen LogP) is 4.22. The van der Waals surface area contributed by atoms with Crippen molar-refractivity contribution in [2.45, 2.75) is 46.6 Å². The molecule has 0 aliphatic carbocycles. The van der Waals surface area contributed by atoms with Crippen LogP contribution in [0.1, 0.15) is 46.5 Å². The van der Waals surface area contributed by atoms with Crippen molar-refractivity contribution >= 4 is 11.3 Å². The molecular formula is C17H24N2S. The molecule has 2 aromatic rings. The van der Waals surface area contributed by atoms with Crippen LogP contribution in [0.25, 0.3) is 0 Å². The van der Waals surface area contributed by atoms with Crippen LogP contribution >= 0.6 is 11.3 Å². The van der Waals surface area contributed by atoms with Crippen molar-refractivity contribution in [3.8, 4) is 0 Å². The Balaban J connectivity index is 2.21. The van der Waals surface area contributed by atoms with Gasteiger partial charge in [0, 0.05) is 22.4 Å². The molecule has 0 saturated heterocycles. The Kier molecular flexibility index (Phi) is 5.32. The van der Waals surface area contributed by atoms with Gasteiger partial charge in [0.05, 0.1) is 11.7 Å². The van der Waals surface area contributed by atoms with Gasteiger partial charge in [0.25, 0.3) is 0 Å². The minimum absolute atomic E-state index is 0.309. The SMILES string of the molecule is CCNC(Cc1ccc(CC)s1)c1ncc(C)cc1C. The van der Waals surface area contributed by atoms with Crippen LogP contribution in [0.3, 0.4) is 0 Å². The van der Waals surface area contributed by atoms with E-state index in [1.165, 1.54) is 26.6 Å². The zero-order valence-corrected chi connectivity index (χ0v) is 13.7. The second-order valence-electron chi connectivity index (χ2n) is 5.25. The van der Waals surface area contributed by atoms with E-state index in [0.29, 0.717) is 6.04 Å². The molecule has 1 atom stereocenters. The van der Waals surface area contributed by atoms with E-state index in [2.05, 4.69) is 56.2 Å². The maximum absolute atomic E-state index is 4.66. The highest BCUT2D eigenvalue weighted by molar-refractivity contribution is 7.11. The second kappa shape index (κ2) is 7.00. The first-order valence-corrected chi connectivity index (χ1v) is 8.19. The molecule has 0 bridgehead atoms. The highest BCUT2D eigenvalue weighted by atomic mass is 32.1. The number of hydrogen-bond acceptors (Lipinski definition) is 3. The third-order valence-corrected chi connectivity index (χ3v) is 4.76. The molecule has 0 radical (unpaired) electrons. The highest BCUT2D eigenvalue weighted by Crippen LogP contribution is 2.25. The molecule has 0 saturated carbocycles. The molecule has 0 fully saturated rings. The van der Waals surface area contributed by atoms with Gasteiger partial charge in [-0.25, -0.2) is 0 Å². The summed E-state index contributed by atoms with van der Waals surface area (Å²) in [5, 5.41) is 3.58. The topological polar surface area (TPSA) is 24.9 Å². The monoisotopic (exact) mass is 288 g/mol. The van der Waals surface area contributed by atoms with Crippen LogP contribution in [0.5, 0.6) is 0 Å². The number of hydrogen-bond donors (Lipinski definition) is 1. The van der Waals surface area contributed by atoms with Crippen molar-refractivity contribution in [3.63, 3.8) is 0 Å². The van der Waals surface area contributed by atoms with Gasteiger partial charge in [-0.3, -0.25) is 4.98 Å². The molecule has 3 heteroatoms. The molecule has 20 heavy (non-hydrogen) atoms. The average Bonchev–Trinajstić information content (AvgIpc) is 2.86. The number of aromatic nitrogens is 1. The Morgan fingerprint density at radius 3 is 2.55 bits per heavy atom. The van der Waals surface area contributed by atoms with E-state index in [1.807, 2.05) is 17.5 Å². The van der Waals surface area contributed by atoms with Gasteiger partial charge >= 0.3 is 0 Å². The van der Waals surface area contributed by atoms with Gasteiger partial charge in [0.2, 0.25) is 0 Å². The van der Waals surface area contributed by atoms with E-state index in [1.54, 1.807) is 0 Å². The smallest absolute Gasteiger partial charge is 0.0606 e. The largest absolute Gasteiger partial charge is 0.309 e. The fraction of sp³-hybridized carbons (Fsp3) is 0.471. The number of aryl methyl sites for hydroxylation is 3. The van der Waals surface area contributed by atoms with Crippen molar-refractivity contribution in [1.29, 1.82) is 0 Å². The number of nitrogens with one attached hydrogen (secondary N) is 1. The molecule has 108 valence electrons. The Morgan fingerprint density at radius 2 is 1.95 bits per heavy atom. The van der Waals surface area contributed by atoms with Gasteiger partial charge in [-0.15, -0.1) is 11.3 Å². The fourth-order valence-corrected chi connectivity index (χ4v) is 3.53. The van der Waals surface area contributed by atoms with Crippen molar-refractivity contribution in [2.24, 2.45) is 0 Å². The molecule has 2 rings (SSSR count). The first-order valence-electron chi connectivity index (χ1n) is 7.38. The van der Waals surface area contributed by atoms with Gasteiger partial charge in [-0.2, -0.15) is 0 Å². The summed E-state index contributed by atoms with van der Waals surface area (Å²) in [6.45, 7) is 9.58. The zero-order chi connectivity index (χ0) is 14.5. The lowest BCUT2D eigenvalue weighted by Crippen LogP contribution is -2.24.